The summed E-state index contributed by atoms with van der Waals surface area (Å²) < 4.78 is 24.9. The summed E-state index contributed by atoms with van der Waals surface area (Å²) in [7, 11) is 0. The van der Waals surface area contributed by atoms with Gasteiger partial charge in [0.15, 0.2) is 0 Å². The monoisotopic (exact) mass is 214 g/mol. The highest BCUT2D eigenvalue weighted by atomic mass is 19.3. The van der Waals surface area contributed by atoms with E-state index in [1.807, 2.05) is 19.9 Å². The number of hydrogen-bond acceptors (Lipinski definition) is 1. The molecule has 0 bridgehead atoms. The summed E-state index contributed by atoms with van der Waals surface area (Å²) in [5.41, 5.74) is 0.764. The van der Waals surface area contributed by atoms with Crippen LogP contribution in [0.15, 0.2) is 30.3 Å². The molecule has 1 rings (SSSR count). The van der Waals surface area contributed by atoms with E-state index < -0.39 is 18.4 Å². The first kappa shape index (κ1) is 12.1. The van der Waals surface area contributed by atoms with Gasteiger partial charge < -0.3 is 5.11 Å². The van der Waals surface area contributed by atoms with Crippen molar-refractivity contribution in [3.63, 3.8) is 0 Å². The van der Waals surface area contributed by atoms with Crippen LogP contribution in [0.5, 0.6) is 0 Å². The Morgan fingerprint density at radius 1 is 1.07 bits per heavy atom. The standard InChI is InChI=1S/C12H16F2O/c1-8(2)10(11(15)12(13)14)9-6-4-3-5-7-9/h3-8,10-12,15H,1-2H3. The Bertz CT molecular complexity index is 285. The molecule has 15 heavy (non-hydrogen) atoms. The quantitative estimate of drug-likeness (QED) is 0.816. The minimum atomic E-state index is -2.70. The molecule has 0 aliphatic rings. The van der Waals surface area contributed by atoms with E-state index in [0.717, 1.165) is 5.56 Å². The highest BCUT2D eigenvalue weighted by molar-refractivity contribution is 5.21. The topological polar surface area (TPSA) is 20.2 Å². The van der Waals surface area contributed by atoms with E-state index in [1.54, 1.807) is 24.3 Å². The summed E-state index contributed by atoms with van der Waals surface area (Å²) in [6.07, 6.45) is -4.29. The molecule has 0 amide bonds. The molecular formula is C12H16F2O. The van der Waals surface area contributed by atoms with Crippen molar-refractivity contribution >= 4 is 0 Å². The minimum Gasteiger partial charge on any atom is -0.387 e. The van der Waals surface area contributed by atoms with Crippen LogP contribution in [-0.4, -0.2) is 17.6 Å². The number of benzene rings is 1. The first-order valence-corrected chi connectivity index (χ1v) is 5.05. The van der Waals surface area contributed by atoms with E-state index in [2.05, 4.69) is 0 Å². The number of aliphatic hydroxyl groups excluding tert-OH is 1. The Balaban J connectivity index is 2.93. The van der Waals surface area contributed by atoms with E-state index in [4.69, 9.17) is 0 Å². The second kappa shape index (κ2) is 5.21. The Morgan fingerprint density at radius 2 is 1.60 bits per heavy atom. The molecule has 1 aromatic carbocycles. The third kappa shape index (κ3) is 2.99. The Labute approximate surface area is 88.7 Å². The molecule has 3 heteroatoms. The van der Waals surface area contributed by atoms with Gasteiger partial charge in [0.2, 0.25) is 0 Å². The van der Waals surface area contributed by atoms with Gasteiger partial charge in [-0.2, -0.15) is 0 Å². The molecule has 0 aliphatic carbocycles. The van der Waals surface area contributed by atoms with Crippen LogP contribution in [0.25, 0.3) is 0 Å². The first-order valence-electron chi connectivity index (χ1n) is 5.05. The van der Waals surface area contributed by atoms with Gasteiger partial charge in [0.25, 0.3) is 6.43 Å². The lowest BCUT2D eigenvalue weighted by Gasteiger charge is -2.26. The molecule has 0 radical (unpaired) electrons. The summed E-state index contributed by atoms with van der Waals surface area (Å²) in [5, 5.41) is 9.46. The smallest absolute Gasteiger partial charge is 0.264 e. The highest BCUT2D eigenvalue weighted by Crippen LogP contribution is 2.30. The maximum Gasteiger partial charge on any atom is 0.264 e. The molecule has 0 fully saturated rings. The molecule has 1 nitrogen and oxygen atoms in total. The van der Waals surface area contributed by atoms with E-state index in [1.165, 1.54) is 0 Å². The SMILES string of the molecule is CC(C)C(c1ccccc1)C(O)C(F)F. The van der Waals surface area contributed by atoms with E-state index in [9.17, 15) is 13.9 Å². The van der Waals surface area contributed by atoms with Crippen molar-refractivity contribution < 1.29 is 13.9 Å². The average molecular weight is 214 g/mol. The van der Waals surface area contributed by atoms with E-state index in [-0.39, 0.29) is 5.92 Å². The molecule has 0 heterocycles. The van der Waals surface area contributed by atoms with Crippen LogP contribution in [0.3, 0.4) is 0 Å². The van der Waals surface area contributed by atoms with E-state index >= 15 is 0 Å². The minimum absolute atomic E-state index is 0.0172. The Morgan fingerprint density at radius 3 is 2.00 bits per heavy atom. The van der Waals surface area contributed by atoms with Gasteiger partial charge >= 0.3 is 0 Å². The van der Waals surface area contributed by atoms with Gasteiger partial charge in [-0.05, 0) is 11.5 Å². The maximum atomic E-state index is 12.5. The number of halogens is 2. The van der Waals surface area contributed by atoms with Gasteiger partial charge in [-0.1, -0.05) is 44.2 Å². The van der Waals surface area contributed by atoms with Crippen molar-refractivity contribution in [3.05, 3.63) is 35.9 Å². The summed E-state index contributed by atoms with van der Waals surface area (Å²) >= 11 is 0. The van der Waals surface area contributed by atoms with Gasteiger partial charge in [0, 0.05) is 5.92 Å². The van der Waals surface area contributed by atoms with Crippen LogP contribution in [0.4, 0.5) is 8.78 Å². The summed E-state index contributed by atoms with van der Waals surface area (Å²) in [4.78, 5) is 0. The van der Waals surface area contributed by atoms with Crippen LogP contribution < -0.4 is 0 Å². The zero-order valence-corrected chi connectivity index (χ0v) is 8.90. The average Bonchev–Trinajstić information content (AvgIpc) is 2.18. The van der Waals surface area contributed by atoms with E-state index in [0.29, 0.717) is 0 Å². The predicted molar refractivity (Wildman–Crippen MR) is 56.0 cm³/mol. The molecule has 2 unspecified atom stereocenters. The molecule has 2 atom stereocenters. The molecule has 0 aliphatic heterocycles. The Kier molecular flexibility index (Phi) is 4.21. The fraction of sp³-hybridized carbons (Fsp3) is 0.500. The lowest BCUT2D eigenvalue weighted by atomic mass is 9.84. The van der Waals surface area contributed by atoms with Gasteiger partial charge in [0.1, 0.15) is 6.10 Å². The molecule has 1 N–H and O–H groups in total. The number of rotatable bonds is 4. The number of aliphatic hydroxyl groups is 1. The fourth-order valence-electron chi connectivity index (χ4n) is 1.81. The molecular weight excluding hydrogens is 198 g/mol. The van der Waals surface area contributed by atoms with Crippen LogP contribution in [0, 0.1) is 5.92 Å². The summed E-state index contributed by atoms with van der Waals surface area (Å²) in [5.74, 6) is -0.525. The van der Waals surface area contributed by atoms with Crippen LogP contribution in [0.1, 0.15) is 25.3 Å². The lowest BCUT2D eigenvalue weighted by molar-refractivity contribution is -0.0287. The third-order valence-corrected chi connectivity index (χ3v) is 2.53. The van der Waals surface area contributed by atoms with Gasteiger partial charge in [-0.3, -0.25) is 0 Å². The second-order valence-electron chi connectivity index (χ2n) is 4.01. The normalized spacial score (nSPS) is 15.7. The Hall–Kier alpha value is -0.960. The molecule has 0 saturated carbocycles. The zero-order valence-electron chi connectivity index (χ0n) is 8.90. The van der Waals surface area contributed by atoms with Crippen molar-refractivity contribution in [1.29, 1.82) is 0 Å². The molecule has 0 aromatic heterocycles. The van der Waals surface area contributed by atoms with Crippen molar-refractivity contribution in [2.45, 2.75) is 32.3 Å². The molecule has 0 saturated heterocycles. The number of hydrogen-bond donors (Lipinski definition) is 1. The van der Waals surface area contributed by atoms with Crippen LogP contribution in [-0.2, 0) is 0 Å². The van der Waals surface area contributed by atoms with Crippen LogP contribution >= 0.6 is 0 Å². The van der Waals surface area contributed by atoms with Crippen molar-refractivity contribution in [1.82, 2.24) is 0 Å². The molecule has 0 spiro atoms. The maximum absolute atomic E-state index is 12.5. The van der Waals surface area contributed by atoms with Gasteiger partial charge in [0.05, 0.1) is 0 Å². The lowest BCUT2D eigenvalue weighted by Crippen LogP contribution is -2.29. The largest absolute Gasteiger partial charge is 0.387 e. The predicted octanol–water partition coefficient (Wildman–Crippen LogP) is 3.05. The summed E-state index contributed by atoms with van der Waals surface area (Å²) in [6, 6.07) is 8.97. The van der Waals surface area contributed by atoms with Gasteiger partial charge in [-0.25, -0.2) is 8.78 Å². The first-order chi connectivity index (χ1) is 7.04. The third-order valence-electron chi connectivity index (χ3n) is 2.53. The van der Waals surface area contributed by atoms with Crippen LogP contribution in [0.2, 0.25) is 0 Å². The summed E-state index contributed by atoms with van der Waals surface area (Å²) in [6.45, 7) is 3.67. The molecule has 1 aromatic rings. The molecule has 84 valence electrons. The van der Waals surface area contributed by atoms with Gasteiger partial charge in [-0.15, -0.1) is 0 Å². The number of alkyl halides is 2. The van der Waals surface area contributed by atoms with Crippen molar-refractivity contribution in [3.8, 4) is 0 Å². The second-order valence-corrected chi connectivity index (χ2v) is 4.01. The van der Waals surface area contributed by atoms with Crippen molar-refractivity contribution in [2.24, 2.45) is 5.92 Å². The highest BCUT2D eigenvalue weighted by Gasteiger charge is 2.30. The zero-order chi connectivity index (χ0) is 11.4. The van der Waals surface area contributed by atoms with Crippen molar-refractivity contribution in [2.75, 3.05) is 0 Å². The fourth-order valence-corrected chi connectivity index (χ4v) is 1.81.